The molecule has 1 aliphatic carbocycles. The predicted octanol–water partition coefficient (Wildman–Crippen LogP) is 1.16. The third-order valence-electron chi connectivity index (χ3n) is 5.45. The van der Waals surface area contributed by atoms with Crippen molar-refractivity contribution in [3.05, 3.63) is 18.0 Å². The van der Waals surface area contributed by atoms with E-state index in [1.165, 1.54) is 25.8 Å². The first-order chi connectivity index (χ1) is 11.9. The lowest BCUT2D eigenvalue weighted by atomic mass is 10.1. The van der Waals surface area contributed by atoms with Crippen LogP contribution in [-0.2, 0) is 4.74 Å². The molecule has 0 aromatic carbocycles. The van der Waals surface area contributed by atoms with E-state index in [4.69, 9.17) is 9.84 Å². The van der Waals surface area contributed by atoms with Crippen LogP contribution in [0.1, 0.15) is 31.0 Å². The summed E-state index contributed by atoms with van der Waals surface area (Å²) in [7, 11) is 0. The van der Waals surface area contributed by atoms with Crippen LogP contribution in [0.25, 0.3) is 5.65 Å². The van der Waals surface area contributed by atoms with Crippen LogP contribution in [0.15, 0.2) is 12.1 Å². The maximum Gasteiger partial charge on any atom is 0.178 e. The van der Waals surface area contributed by atoms with Crippen molar-refractivity contribution in [2.45, 2.75) is 25.2 Å². The number of rotatable bonds is 4. The van der Waals surface area contributed by atoms with Crippen molar-refractivity contribution in [1.29, 1.82) is 0 Å². The molecule has 2 saturated heterocycles. The van der Waals surface area contributed by atoms with Crippen molar-refractivity contribution in [3.63, 3.8) is 0 Å². The van der Waals surface area contributed by atoms with E-state index in [1.54, 1.807) is 0 Å². The quantitative estimate of drug-likeness (QED) is 0.839. The fraction of sp³-hybridized carbons (Fsp3) is 0.706. The maximum absolute atomic E-state index is 5.50. The molecule has 24 heavy (non-hydrogen) atoms. The van der Waals surface area contributed by atoms with Gasteiger partial charge in [-0.05, 0) is 37.3 Å². The number of aromatic nitrogens is 4. The van der Waals surface area contributed by atoms with Gasteiger partial charge in [0.1, 0.15) is 5.82 Å². The Kier molecular flexibility index (Phi) is 3.63. The Hall–Kier alpha value is -1.73. The Bertz CT molecular complexity index is 713. The molecule has 0 spiro atoms. The minimum Gasteiger partial charge on any atom is -0.381 e. The highest BCUT2D eigenvalue weighted by Crippen LogP contribution is 2.38. The van der Waals surface area contributed by atoms with Gasteiger partial charge in [-0.15, -0.1) is 15.3 Å². The second kappa shape index (κ2) is 5.97. The van der Waals surface area contributed by atoms with Gasteiger partial charge in [-0.1, -0.05) is 0 Å². The largest absolute Gasteiger partial charge is 0.381 e. The number of ether oxygens (including phenoxy) is 1. The zero-order valence-corrected chi connectivity index (χ0v) is 14.0. The lowest BCUT2D eigenvalue weighted by Gasteiger charge is -2.36. The average Bonchev–Trinajstić information content (AvgIpc) is 3.17. The topological polar surface area (TPSA) is 58.8 Å². The molecule has 7 heteroatoms. The van der Waals surface area contributed by atoms with Gasteiger partial charge in [0.25, 0.3) is 0 Å². The van der Waals surface area contributed by atoms with E-state index in [9.17, 15) is 0 Å². The minimum atomic E-state index is 0.563. The molecule has 1 unspecified atom stereocenters. The van der Waals surface area contributed by atoms with E-state index in [-0.39, 0.29) is 0 Å². The summed E-state index contributed by atoms with van der Waals surface area (Å²) in [6.07, 6.45) is 3.66. The first-order valence-corrected chi connectivity index (χ1v) is 9.14. The van der Waals surface area contributed by atoms with Crippen LogP contribution in [0.2, 0.25) is 0 Å². The van der Waals surface area contributed by atoms with Gasteiger partial charge in [0.05, 0.1) is 6.61 Å². The van der Waals surface area contributed by atoms with Gasteiger partial charge in [-0.2, -0.15) is 4.52 Å². The molecule has 2 aromatic heterocycles. The molecule has 7 nitrogen and oxygen atoms in total. The molecule has 2 aromatic rings. The molecule has 5 rings (SSSR count). The molecule has 128 valence electrons. The summed E-state index contributed by atoms with van der Waals surface area (Å²) in [5, 5.41) is 13.4. The SMILES string of the molecule is c1cc2nnc(C3CC3)n2nc1N1CCN(CC2CCOC2)CC1. The van der Waals surface area contributed by atoms with E-state index in [2.05, 4.69) is 26.1 Å². The highest BCUT2D eigenvalue weighted by Gasteiger charge is 2.30. The molecular weight excluding hydrogens is 304 g/mol. The molecule has 3 aliphatic rings. The summed E-state index contributed by atoms with van der Waals surface area (Å²) in [6.45, 7) is 7.34. The zero-order chi connectivity index (χ0) is 15.9. The average molecular weight is 328 g/mol. The number of hydrogen-bond donors (Lipinski definition) is 0. The van der Waals surface area contributed by atoms with Crippen molar-refractivity contribution in [2.75, 3.05) is 50.8 Å². The first-order valence-electron chi connectivity index (χ1n) is 9.14. The fourth-order valence-corrected chi connectivity index (χ4v) is 3.81. The lowest BCUT2D eigenvalue weighted by Crippen LogP contribution is -2.48. The number of hydrogen-bond acceptors (Lipinski definition) is 6. The summed E-state index contributed by atoms with van der Waals surface area (Å²) in [6, 6.07) is 4.13. The Morgan fingerprint density at radius 2 is 1.92 bits per heavy atom. The van der Waals surface area contributed by atoms with Crippen molar-refractivity contribution >= 4 is 11.5 Å². The van der Waals surface area contributed by atoms with Gasteiger partial charge in [-0.25, -0.2) is 0 Å². The molecule has 1 atom stereocenters. The predicted molar refractivity (Wildman–Crippen MR) is 90.3 cm³/mol. The third-order valence-corrected chi connectivity index (χ3v) is 5.45. The molecular formula is C17H24N6O. The minimum absolute atomic E-state index is 0.563. The van der Waals surface area contributed by atoms with Crippen LogP contribution in [-0.4, -0.2) is 70.6 Å². The van der Waals surface area contributed by atoms with Crippen LogP contribution in [0.4, 0.5) is 5.82 Å². The van der Waals surface area contributed by atoms with Gasteiger partial charge in [0.15, 0.2) is 11.5 Å². The van der Waals surface area contributed by atoms with Crippen LogP contribution >= 0.6 is 0 Å². The summed E-state index contributed by atoms with van der Waals surface area (Å²) in [5.41, 5.74) is 0.862. The number of piperazine rings is 1. The van der Waals surface area contributed by atoms with Gasteiger partial charge < -0.3 is 9.64 Å². The Morgan fingerprint density at radius 1 is 1.04 bits per heavy atom. The van der Waals surface area contributed by atoms with Crippen molar-refractivity contribution in [1.82, 2.24) is 24.7 Å². The van der Waals surface area contributed by atoms with Crippen LogP contribution in [0, 0.1) is 5.92 Å². The Balaban J connectivity index is 1.27. The fourth-order valence-electron chi connectivity index (χ4n) is 3.81. The molecule has 0 radical (unpaired) electrons. The van der Waals surface area contributed by atoms with Gasteiger partial charge in [0, 0.05) is 45.2 Å². The van der Waals surface area contributed by atoms with Crippen molar-refractivity contribution in [3.8, 4) is 0 Å². The van der Waals surface area contributed by atoms with E-state index in [1.807, 2.05) is 10.6 Å². The summed E-state index contributed by atoms with van der Waals surface area (Å²) in [5.74, 6) is 3.37. The second-order valence-corrected chi connectivity index (χ2v) is 7.31. The van der Waals surface area contributed by atoms with Gasteiger partial charge in [0.2, 0.25) is 0 Å². The summed E-state index contributed by atoms with van der Waals surface area (Å²) in [4.78, 5) is 4.96. The maximum atomic E-state index is 5.50. The molecule has 0 N–H and O–H groups in total. The molecule has 0 amide bonds. The monoisotopic (exact) mass is 328 g/mol. The standard InChI is InChI=1S/C17H24N6O/c1-2-14(1)17-19-18-15-3-4-16(20-23(15)17)22-8-6-21(7-9-22)11-13-5-10-24-12-13/h3-4,13-14H,1-2,5-12H2. The Labute approximate surface area is 141 Å². The van der Waals surface area contributed by atoms with E-state index in [0.29, 0.717) is 5.92 Å². The van der Waals surface area contributed by atoms with Crippen molar-refractivity contribution < 1.29 is 4.74 Å². The van der Waals surface area contributed by atoms with Gasteiger partial charge >= 0.3 is 0 Å². The van der Waals surface area contributed by atoms with Crippen LogP contribution < -0.4 is 4.90 Å². The highest BCUT2D eigenvalue weighted by molar-refractivity contribution is 5.46. The Morgan fingerprint density at radius 3 is 2.67 bits per heavy atom. The normalized spacial score (nSPS) is 25.7. The molecule has 2 aliphatic heterocycles. The van der Waals surface area contributed by atoms with E-state index < -0.39 is 0 Å². The van der Waals surface area contributed by atoms with Gasteiger partial charge in [-0.3, -0.25) is 4.90 Å². The van der Waals surface area contributed by atoms with E-state index >= 15 is 0 Å². The third kappa shape index (κ3) is 2.75. The first kappa shape index (κ1) is 14.6. The van der Waals surface area contributed by atoms with Crippen molar-refractivity contribution in [2.24, 2.45) is 5.92 Å². The second-order valence-electron chi connectivity index (χ2n) is 7.31. The van der Waals surface area contributed by atoms with Crippen LogP contribution in [0.3, 0.4) is 0 Å². The smallest absolute Gasteiger partial charge is 0.178 e. The van der Waals surface area contributed by atoms with Crippen LogP contribution in [0.5, 0.6) is 0 Å². The highest BCUT2D eigenvalue weighted by atomic mass is 16.5. The molecule has 0 bridgehead atoms. The number of nitrogens with zero attached hydrogens (tertiary/aromatic N) is 6. The number of anilines is 1. The van der Waals surface area contributed by atoms with E-state index in [0.717, 1.165) is 62.6 Å². The molecule has 3 fully saturated rings. The molecule has 1 saturated carbocycles. The summed E-state index contributed by atoms with van der Waals surface area (Å²) >= 11 is 0. The molecule has 4 heterocycles. The number of fused-ring (bicyclic) bond motifs is 1. The lowest BCUT2D eigenvalue weighted by molar-refractivity contribution is 0.164. The summed E-state index contributed by atoms with van der Waals surface area (Å²) < 4.78 is 7.45. The zero-order valence-electron chi connectivity index (χ0n) is 14.0.